The summed E-state index contributed by atoms with van der Waals surface area (Å²) in [7, 11) is 5.26. The summed E-state index contributed by atoms with van der Waals surface area (Å²) in [5, 5.41) is 2.82. The molecule has 1 aromatic rings. The van der Waals surface area contributed by atoms with Gasteiger partial charge in [0.2, 0.25) is 0 Å². The molecule has 1 aromatic carbocycles. The van der Waals surface area contributed by atoms with Crippen molar-refractivity contribution in [1.29, 1.82) is 0 Å². The fourth-order valence-electron chi connectivity index (χ4n) is 1.36. The number of nitrogens with zero attached hydrogens (tertiary/aromatic N) is 1. The minimum Gasteiger partial charge on any atom is -0.360 e. The lowest BCUT2D eigenvalue weighted by Crippen LogP contribution is -2.41. The lowest BCUT2D eigenvalue weighted by Gasteiger charge is -2.18. The molecule has 5 nitrogen and oxygen atoms in total. The van der Waals surface area contributed by atoms with Crippen LogP contribution >= 0.6 is 0 Å². The summed E-state index contributed by atoms with van der Waals surface area (Å²) in [5.74, 6) is -0.257. The second kappa shape index (κ2) is 7.86. The summed E-state index contributed by atoms with van der Waals surface area (Å²) < 4.78 is 10.1. The van der Waals surface area contributed by atoms with E-state index in [0.29, 0.717) is 15.7 Å². The van der Waals surface area contributed by atoms with E-state index in [-0.39, 0.29) is 11.9 Å². The maximum atomic E-state index is 11.8. The highest BCUT2D eigenvalue weighted by atomic mass is 28.2. The van der Waals surface area contributed by atoms with Crippen molar-refractivity contribution in [2.75, 3.05) is 32.3 Å². The Kier molecular flexibility index (Phi) is 6.41. The number of nitrogens with one attached hydrogen (secondary N) is 1. The number of anilines is 1. The molecule has 0 saturated carbocycles. The van der Waals surface area contributed by atoms with Crippen molar-refractivity contribution < 1.29 is 14.3 Å². The second-order valence-corrected chi connectivity index (χ2v) is 4.79. The summed E-state index contributed by atoms with van der Waals surface area (Å²) in [6, 6.07) is 9.33. The van der Waals surface area contributed by atoms with E-state index in [0.717, 1.165) is 5.69 Å². The van der Waals surface area contributed by atoms with Gasteiger partial charge >= 0.3 is 6.03 Å². The van der Waals surface area contributed by atoms with Gasteiger partial charge in [0.15, 0.2) is 0 Å². The Hall–Kier alpha value is -1.37. The van der Waals surface area contributed by atoms with Crippen molar-refractivity contribution in [1.82, 2.24) is 5.32 Å². The molecule has 0 aliphatic heterocycles. The molecule has 0 fully saturated rings. The number of para-hydroxylation sites is 1. The van der Waals surface area contributed by atoms with E-state index < -0.39 is 0 Å². The average molecular weight is 266 g/mol. The molecule has 0 aliphatic rings. The Morgan fingerprint density at radius 2 is 1.94 bits per heavy atom. The number of urea groups is 1. The molecular weight excluding hydrogens is 248 g/mol. The van der Waals surface area contributed by atoms with Crippen LogP contribution in [0.5, 0.6) is 0 Å². The number of carbonyl (C=O) groups is 1. The first kappa shape index (κ1) is 14.7. The average Bonchev–Trinajstić information content (AvgIpc) is 2.43. The highest BCUT2D eigenvalue weighted by molar-refractivity contribution is 6.37. The lowest BCUT2D eigenvalue weighted by molar-refractivity contribution is -0.0440. The van der Waals surface area contributed by atoms with Gasteiger partial charge in [-0.25, -0.2) is 4.79 Å². The van der Waals surface area contributed by atoms with Crippen LogP contribution in [0.1, 0.15) is 0 Å². The van der Waals surface area contributed by atoms with Crippen LogP contribution in [0, 0.1) is 0 Å². The second-order valence-electron chi connectivity index (χ2n) is 3.56. The first-order valence-corrected chi connectivity index (χ1v) is 6.83. The summed E-state index contributed by atoms with van der Waals surface area (Å²) in [6.45, 7) is 0. The molecule has 18 heavy (non-hydrogen) atoms. The molecule has 0 spiro atoms. The summed E-state index contributed by atoms with van der Waals surface area (Å²) in [4.78, 5) is 13.4. The third kappa shape index (κ3) is 4.48. The number of benzene rings is 1. The van der Waals surface area contributed by atoms with Crippen LogP contribution in [0.15, 0.2) is 30.3 Å². The van der Waals surface area contributed by atoms with Crippen molar-refractivity contribution >= 4 is 21.2 Å². The van der Waals surface area contributed by atoms with Gasteiger partial charge < -0.3 is 14.8 Å². The van der Waals surface area contributed by atoms with Crippen LogP contribution in [0.4, 0.5) is 10.5 Å². The Morgan fingerprint density at radius 1 is 1.33 bits per heavy atom. The van der Waals surface area contributed by atoms with E-state index in [9.17, 15) is 4.79 Å². The number of carbonyl (C=O) groups excluding carboxylic acids is 1. The van der Waals surface area contributed by atoms with Gasteiger partial charge in [0.1, 0.15) is 15.4 Å². The molecule has 6 heteroatoms. The van der Waals surface area contributed by atoms with Crippen molar-refractivity contribution in [3.05, 3.63) is 30.3 Å². The smallest absolute Gasteiger partial charge is 0.321 e. The third-order valence-electron chi connectivity index (χ3n) is 2.38. The number of hydrogen-bond acceptors (Lipinski definition) is 3. The molecule has 1 rings (SSSR count). The van der Waals surface area contributed by atoms with Crippen LogP contribution in [-0.4, -0.2) is 48.9 Å². The summed E-state index contributed by atoms with van der Waals surface area (Å²) in [6.07, 6.45) is 0.530. The monoisotopic (exact) mass is 266 g/mol. The number of methoxy groups -OCH3 is 2. The van der Waals surface area contributed by atoms with Gasteiger partial charge in [0.05, 0.1) is 0 Å². The standard InChI is InChI=1S/C12H18N2O3Si/c1-14(10-7-5-4-6-8-10)11(15)13-9-18-12(16-2)17-3/h4-8,12H,9H2,1-3H3,(H,13,15). The fraction of sp³-hybridized carbons (Fsp3) is 0.417. The topological polar surface area (TPSA) is 50.8 Å². The zero-order valence-corrected chi connectivity index (χ0v) is 11.8. The van der Waals surface area contributed by atoms with Crippen molar-refractivity contribution in [3.8, 4) is 0 Å². The maximum Gasteiger partial charge on any atom is 0.321 e. The van der Waals surface area contributed by atoms with E-state index >= 15 is 0 Å². The Morgan fingerprint density at radius 3 is 2.50 bits per heavy atom. The van der Waals surface area contributed by atoms with E-state index in [1.54, 1.807) is 26.2 Å². The predicted octanol–water partition coefficient (Wildman–Crippen LogP) is 1.07. The fourth-order valence-corrected chi connectivity index (χ4v) is 2.11. The zero-order valence-electron chi connectivity index (χ0n) is 10.8. The summed E-state index contributed by atoms with van der Waals surface area (Å²) in [5.41, 5.74) is 0.855. The van der Waals surface area contributed by atoms with Crippen LogP contribution in [0.3, 0.4) is 0 Å². The highest BCUT2D eigenvalue weighted by Gasteiger charge is 2.11. The molecule has 98 valence electrons. The van der Waals surface area contributed by atoms with Crippen molar-refractivity contribution in [3.63, 3.8) is 0 Å². The molecule has 1 N–H and O–H groups in total. The SMILES string of the molecule is COC(OC)[Si]CNC(=O)N(C)c1ccccc1. The molecule has 0 atom stereocenters. The first-order valence-electron chi connectivity index (χ1n) is 5.54. The van der Waals surface area contributed by atoms with E-state index in [4.69, 9.17) is 9.47 Å². The molecule has 0 aromatic heterocycles. The van der Waals surface area contributed by atoms with Gasteiger partial charge in [0.25, 0.3) is 0 Å². The number of hydrogen-bond donors (Lipinski definition) is 1. The maximum absolute atomic E-state index is 11.8. The molecule has 0 unspecified atom stereocenters. The zero-order chi connectivity index (χ0) is 13.4. The minimum absolute atomic E-state index is 0.139. The third-order valence-corrected chi connectivity index (χ3v) is 3.57. The van der Waals surface area contributed by atoms with Gasteiger partial charge in [-0.05, 0) is 12.1 Å². The largest absolute Gasteiger partial charge is 0.360 e. The van der Waals surface area contributed by atoms with E-state index in [1.165, 1.54) is 0 Å². The molecule has 2 radical (unpaired) electrons. The molecule has 0 aliphatic carbocycles. The highest BCUT2D eigenvalue weighted by Crippen LogP contribution is 2.10. The van der Waals surface area contributed by atoms with Crippen LogP contribution in [0.2, 0.25) is 0 Å². The van der Waals surface area contributed by atoms with Crippen LogP contribution < -0.4 is 10.2 Å². The molecule has 0 heterocycles. The van der Waals surface area contributed by atoms with Crippen LogP contribution in [0.25, 0.3) is 0 Å². The Labute approximate surface area is 110 Å². The number of amides is 2. The first-order chi connectivity index (χ1) is 8.69. The summed E-state index contributed by atoms with van der Waals surface area (Å²) >= 11 is 0. The van der Waals surface area contributed by atoms with Crippen molar-refractivity contribution in [2.24, 2.45) is 0 Å². The van der Waals surface area contributed by atoms with Gasteiger partial charge in [-0.15, -0.1) is 0 Å². The normalized spacial score (nSPS) is 10.4. The van der Waals surface area contributed by atoms with Gasteiger partial charge in [0, 0.05) is 33.1 Å². The minimum atomic E-state index is -0.257. The number of rotatable bonds is 6. The molecule has 2 amide bonds. The Bertz CT molecular complexity index is 358. The number of ether oxygens (including phenoxy) is 2. The molecular formula is C12H18N2O3Si. The predicted molar refractivity (Wildman–Crippen MR) is 71.8 cm³/mol. The quantitative estimate of drug-likeness (QED) is 0.619. The van der Waals surface area contributed by atoms with Gasteiger partial charge in [-0.2, -0.15) is 0 Å². The Balaban J connectivity index is 2.37. The molecule has 0 bridgehead atoms. The van der Waals surface area contributed by atoms with Gasteiger partial charge in [-0.3, -0.25) is 4.90 Å². The van der Waals surface area contributed by atoms with Crippen molar-refractivity contribution in [2.45, 2.75) is 5.91 Å². The van der Waals surface area contributed by atoms with E-state index in [1.807, 2.05) is 30.3 Å². The lowest BCUT2D eigenvalue weighted by atomic mass is 10.3. The molecule has 0 saturated heterocycles. The van der Waals surface area contributed by atoms with Crippen LogP contribution in [-0.2, 0) is 9.47 Å². The van der Waals surface area contributed by atoms with E-state index in [2.05, 4.69) is 5.32 Å². The van der Waals surface area contributed by atoms with Gasteiger partial charge in [-0.1, -0.05) is 18.2 Å².